The number of nitrogens with zero attached hydrogens (tertiary/aromatic N) is 2. The molecular formula is C23H20N4O5. The highest BCUT2D eigenvalue weighted by molar-refractivity contribution is 5.91. The molecule has 9 nitrogen and oxygen atoms in total. The van der Waals surface area contributed by atoms with Crippen molar-refractivity contribution in [2.75, 3.05) is 11.9 Å². The number of carbonyl (C=O) groups is 2. The number of nitrogens with one attached hydrogen (secondary N) is 2. The molecule has 1 amide bonds. The van der Waals surface area contributed by atoms with E-state index in [2.05, 4.69) is 15.8 Å². The molecule has 0 spiro atoms. The van der Waals surface area contributed by atoms with Gasteiger partial charge in [-0.25, -0.2) is 10.2 Å². The third kappa shape index (κ3) is 6.49. The molecule has 0 atom stereocenters. The van der Waals surface area contributed by atoms with Crippen molar-refractivity contribution in [2.45, 2.75) is 6.92 Å². The Kier molecular flexibility index (Phi) is 7.26. The van der Waals surface area contributed by atoms with Crippen molar-refractivity contribution in [3.63, 3.8) is 0 Å². The summed E-state index contributed by atoms with van der Waals surface area (Å²) < 4.78 is 5.30. The molecular weight excluding hydrogens is 412 g/mol. The lowest BCUT2D eigenvalue weighted by atomic mass is 10.2. The van der Waals surface area contributed by atoms with Gasteiger partial charge in [0.1, 0.15) is 5.75 Å². The van der Waals surface area contributed by atoms with E-state index in [4.69, 9.17) is 4.74 Å². The number of hydrazone groups is 1. The Labute approximate surface area is 183 Å². The molecule has 3 aromatic carbocycles. The summed E-state index contributed by atoms with van der Waals surface area (Å²) in [7, 11) is 0. The summed E-state index contributed by atoms with van der Waals surface area (Å²) in [4.78, 5) is 34.3. The second kappa shape index (κ2) is 10.5. The first-order chi connectivity index (χ1) is 15.4. The Balaban J connectivity index is 1.52. The first-order valence-corrected chi connectivity index (χ1v) is 9.60. The van der Waals surface area contributed by atoms with Crippen molar-refractivity contribution in [2.24, 2.45) is 5.10 Å². The van der Waals surface area contributed by atoms with Crippen LogP contribution in [0.1, 0.15) is 21.5 Å². The maximum Gasteiger partial charge on any atom is 0.343 e. The van der Waals surface area contributed by atoms with Crippen LogP contribution in [0.15, 0.2) is 77.9 Å². The highest BCUT2D eigenvalue weighted by atomic mass is 16.6. The zero-order chi connectivity index (χ0) is 22.9. The zero-order valence-electron chi connectivity index (χ0n) is 17.1. The summed E-state index contributed by atoms with van der Waals surface area (Å²) in [5, 5.41) is 17.6. The Bertz CT molecular complexity index is 1160. The SMILES string of the molecule is Cc1cccc(NCC(=O)N/N=C/c2cccc(OC(=O)c3ccc([N+](=O)[O-])cc3)c2)c1. The third-order valence-electron chi connectivity index (χ3n) is 4.26. The molecule has 3 aromatic rings. The fourth-order valence-electron chi connectivity index (χ4n) is 2.70. The van der Waals surface area contributed by atoms with Crippen molar-refractivity contribution in [3.8, 4) is 5.75 Å². The highest BCUT2D eigenvalue weighted by Crippen LogP contribution is 2.17. The fourth-order valence-corrected chi connectivity index (χ4v) is 2.70. The molecule has 3 rings (SSSR count). The zero-order valence-corrected chi connectivity index (χ0v) is 17.1. The molecule has 0 radical (unpaired) electrons. The monoisotopic (exact) mass is 432 g/mol. The molecule has 32 heavy (non-hydrogen) atoms. The van der Waals surface area contributed by atoms with E-state index in [0.717, 1.165) is 11.3 Å². The molecule has 0 saturated carbocycles. The maximum absolute atomic E-state index is 12.2. The van der Waals surface area contributed by atoms with Crippen LogP contribution in [-0.2, 0) is 4.79 Å². The molecule has 0 aliphatic rings. The number of amides is 1. The third-order valence-corrected chi connectivity index (χ3v) is 4.26. The maximum atomic E-state index is 12.2. The van der Waals surface area contributed by atoms with Gasteiger partial charge in [0, 0.05) is 17.8 Å². The highest BCUT2D eigenvalue weighted by Gasteiger charge is 2.11. The van der Waals surface area contributed by atoms with Crippen LogP contribution >= 0.6 is 0 Å². The van der Waals surface area contributed by atoms with Gasteiger partial charge >= 0.3 is 5.97 Å². The topological polar surface area (TPSA) is 123 Å². The number of esters is 1. The van der Waals surface area contributed by atoms with E-state index in [9.17, 15) is 19.7 Å². The minimum Gasteiger partial charge on any atom is -0.423 e. The molecule has 0 saturated heterocycles. The van der Waals surface area contributed by atoms with Gasteiger partial charge in [0.15, 0.2) is 0 Å². The van der Waals surface area contributed by atoms with Gasteiger partial charge in [-0.05, 0) is 54.4 Å². The van der Waals surface area contributed by atoms with Gasteiger partial charge in [-0.15, -0.1) is 0 Å². The first-order valence-electron chi connectivity index (χ1n) is 9.60. The second-order valence-electron chi connectivity index (χ2n) is 6.78. The van der Waals surface area contributed by atoms with Gasteiger partial charge in [-0.2, -0.15) is 5.10 Å². The molecule has 0 aromatic heterocycles. The van der Waals surface area contributed by atoms with Crippen LogP contribution in [-0.4, -0.2) is 29.6 Å². The number of hydrogen-bond acceptors (Lipinski definition) is 7. The first kappa shape index (κ1) is 22.2. The van der Waals surface area contributed by atoms with Gasteiger partial charge in [0.2, 0.25) is 0 Å². The largest absolute Gasteiger partial charge is 0.423 e. The summed E-state index contributed by atoms with van der Waals surface area (Å²) in [6.07, 6.45) is 1.42. The lowest BCUT2D eigenvalue weighted by Gasteiger charge is -2.06. The van der Waals surface area contributed by atoms with Crippen molar-refractivity contribution in [1.82, 2.24) is 5.43 Å². The number of nitro groups is 1. The summed E-state index contributed by atoms with van der Waals surface area (Å²) in [6.45, 7) is 2.03. The lowest BCUT2D eigenvalue weighted by Crippen LogP contribution is -2.25. The Morgan fingerprint density at radius 2 is 1.81 bits per heavy atom. The van der Waals surface area contributed by atoms with Crippen LogP contribution in [0.2, 0.25) is 0 Å². The average Bonchev–Trinajstić information content (AvgIpc) is 2.78. The van der Waals surface area contributed by atoms with Crippen LogP contribution in [0.3, 0.4) is 0 Å². The van der Waals surface area contributed by atoms with E-state index in [1.165, 1.54) is 30.5 Å². The fraction of sp³-hybridized carbons (Fsp3) is 0.0870. The number of ether oxygens (including phenoxy) is 1. The number of aryl methyl sites for hydroxylation is 1. The molecule has 0 fully saturated rings. The van der Waals surface area contributed by atoms with Crippen LogP contribution < -0.4 is 15.5 Å². The Hall–Kier alpha value is -4.53. The molecule has 0 aliphatic heterocycles. The van der Waals surface area contributed by atoms with Crippen molar-refractivity contribution in [3.05, 3.63) is 99.6 Å². The Morgan fingerprint density at radius 3 is 2.53 bits per heavy atom. The standard InChI is InChI=1S/C23H20N4O5/c1-16-4-2-6-19(12-16)24-15-22(28)26-25-14-17-5-3-7-21(13-17)32-23(29)18-8-10-20(11-9-18)27(30)31/h2-14,24H,15H2,1H3,(H,26,28)/b25-14+. The molecule has 0 aliphatic carbocycles. The molecule has 0 heterocycles. The normalized spacial score (nSPS) is 10.5. The predicted molar refractivity (Wildman–Crippen MR) is 120 cm³/mol. The number of hydrogen-bond donors (Lipinski definition) is 2. The predicted octanol–water partition coefficient (Wildman–Crippen LogP) is 3.68. The van der Waals surface area contributed by atoms with Crippen LogP contribution in [0, 0.1) is 17.0 Å². The smallest absolute Gasteiger partial charge is 0.343 e. The number of anilines is 1. The summed E-state index contributed by atoms with van der Waals surface area (Å²) in [5.41, 5.74) is 5.02. The van der Waals surface area contributed by atoms with E-state index in [0.29, 0.717) is 5.56 Å². The van der Waals surface area contributed by atoms with Crippen molar-refractivity contribution in [1.29, 1.82) is 0 Å². The summed E-state index contributed by atoms with van der Waals surface area (Å²) >= 11 is 0. The number of benzene rings is 3. The molecule has 2 N–H and O–H groups in total. The van der Waals surface area contributed by atoms with Gasteiger partial charge in [-0.1, -0.05) is 24.3 Å². The lowest BCUT2D eigenvalue weighted by molar-refractivity contribution is -0.384. The molecule has 0 unspecified atom stereocenters. The van der Waals surface area contributed by atoms with Crippen LogP contribution in [0.5, 0.6) is 5.75 Å². The summed E-state index contributed by atoms with van der Waals surface area (Å²) in [5.74, 6) is -0.697. The second-order valence-corrected chi connectivity index (χ2v) is 6.78. The molecule has 162 valence electrons. The van der Waals surface area contributed by atoms with E-state index >= 15 is 0 Å². The molecule has 9 heteroatoms. The van der Waals surface area contributed by atoms with Crippen molar-refractivity contribution >= 4 is 29.5 Å². The number of rotatable bonds is 8. The van der Waals surface area contributed by atoms with Gasteiger partial charge in [0.05, 0.1) is 23.2 Å². The van der Waals surface area contributed by atoms with Gasteiger partial charge in [0.25, 0.3) is 11.6 Å². The minimum absolute atomic E-state index is 0.0632. The average molecular weight is 432 g/mol. The quantitative estimate of drug-likeness (QED) is 0.184. The van der Waals surface area contributed by atoms with E-state index in [1.807, 2.05) is 31.2 Å². The minimum atomic E-state index is -0.649. The number of non-ortho nitro benzene ring substituents is 1. The number of carbonyl (C=O) groups excluding carboxylic acids is 2. The molecule has 0 bridgehead atoms. The van der Waals surface area contributed by atoms with Crippen LogP contribution in [0.25, 0.3) is 0 Å². The number of nitro benzene ring substituents is 1. The van der Waals surface area contributed by atoms with Gasteiger partial charge in [-0.3, -0.25) is 14.9 Å². The van der Waals surface area contributed by atoms with E-state index in [-0.39, 0.29) is 29.5 Å². The summed E-state index contributed by atoms with van der Waals surface area (Å²) in [6, 6.07) is 19.3. The van der Waals surface area contributed by atoms with E-state index in [1.54, 1.807) is 24.3 Å². The van der Waals surface area contributed by atoms with Crippen LogP contribution in [0.4, 0.5) is 11.4 Å². The van der Waals surface area contributed by atoms with E-state index < -0.39 is 10.9 Å². The van der Waals surface area contributed by atoms with Gasteiger partial charge < -0.3 is 10.1 Å². The Morgan fingerprint density at radius 1 is 1.06 bits per heavy atom. The van der Waals surface area contributed by atoms with Crippen molar-refractivity contribution < 1.29 is 19.2 Å².